The molecule has 0 atom stereocenters. The van der Waals surface area contributed by atoms with Crippen LogP contribution in [-0.2, 0) is 0 Å². The zero-order chi connectivity index (χ0) is 12.7. The van der Waals surface area contributed by atoms with E-state index in [-0.39, 0.29) is 16.7 Å². The van der Waals surface area contributed by atoms with Crippen LogP contribution in [0.15, 0.2) is 52.7 Å². The van der Waals surface area contributed by atoms with E-state index in [1.807, 2.05) is 0 Å². The molecule has 0 saturated carbocycles. The zero-order valence-electron chi connectivity index (χ0n) is 8.68. The number of allylic oxidation sites excluding steroid dienone is 9. The maximum absolute atomic E-state index is 8.83. The Morgan fingerprint density at radius 3 is 2.06 bits per heavy atom. The monoisotopic (exact) mass is 217 g/mol. The quantitative estimate of drug-likeness (QED) is 0.523. The van der Waals surface area contributed by atoms with E-state index in [0.29, 0.717) is 5.57 Å². The Balaban J connectivity index is 3.46. The highest BCUT2D eigenvalue weighted by Crippen LogP contribution is 2.21. The summed E-state index contributed by atoms with van der Waals surface area (Å²) in [6.45, 7) is 0. The smallest absolute Gasteiger partial charge is 0.130 e. The van der Waals surface area contributed by atoms with Crippen LogP contribution in [0.1, 0.15) is 0 Å². The van der Waals surface area contributed by atoms with Gasteiger partial charge in [-0.25, -0.2) is 5.87 Å². The Hall–Kier alpha value is -3.12. The van der Waals surface area contributed by atoms with Crippen LogP contribution in [0.3, 0.4) is 0 Å². The minimum absolute atomic E-state index is 0.126. The fourth-order valence-corrected chi connectivity index (χ4v) is 1.23. The Morgan fingerprint density at radius 2 is 1.65 bits per heavy atom. The number of nitrogens with zero attached hydrogens (tertiary/aromatic N) is 4. The second-order valence-electron chi connectivity index (χ2n) is 2.97. The van der Waals surface area contributed by atoms with E-state index >= 15 is 0 Å². The normalized spacial score (nSPS) is 10.8. The standard InChI is InChI=1S/C13H5N4/c14-6-10(7-15)5-13(12(8-16)9-17)11-3-1-2-4-11/h1-5H/q-1. The van der Waals surface area contributed by atoms with Gasteiger partial charge >= 0.3 is 0 Å². The third kappa shape index (κ3) is 2.67. The molecule has 1 aliphatic carbocycles. The second kappa shape index (κ2) is 5.69. The van der Waals surface area contributed by atoms with Crippen LogP contribution in [-0.4, -0.2) is 5.87 Å². The Morgan fingerprint density at radius 1 is 1.06 bits per heavy atom. The lowest BCUT2D eigenvalue weighted by atomic mass is 10.00. The molecule has 78 valence electrons. The summed E-state index contributed by atoms with van der Waals surface area (Å²) in [5.41, 5.74) is 0.646. The molecule has 4 nitrogen and oxygen atoms in total. The molecule has 0 aromatic carbocycles. The molecule has 0 N–H and O–H groups in total. The first-order chi connectivity index (χ1) is 8.26. The topological polar surface area (TPSA) is 93.7 Å². The van der Waals surface area contributed by atoms with Crippen molar-refractivity contribution in [2.75, 3.05) is 0 Å². The van der Waals surface area contributed by atoms with E-state index in [9.17, 15) is 0 Å². The van der Waals surface area contributed by atoms with E-state index in [0.717, 1.165) is 0 Å². The number of nitriles is 3. The summed E-state index contributed by atoms with van der Waals surface area (Å²) in [6, 6.07) is 5.14. The van der Waals surface area contributed by atoms with Crippen LogP contribution < -0.4 is 0 Å². The highest BCUT2D eigenvalue weighted by Gasteiger charge is 2.08. The van der Waals surface area contributed by atoms with Gasteiger partial charge < -0.3 is 5.41 Å². The van der Waals surface area contributed by atoms with E-state index in [1.165, 1.54) is 6.08 Å². The minimum Gasteiger partial charge on any atom is -0.762 e. The average Bonchev–Trinajstić information content (AvgIpc) is 2.88. The van der Waals surface area contributed by atoms with Crippen LogP contribution in [0.2, 0.25) is 0 Å². The highest BCUT2D eigenvalue weighted by atomic mass is 14.3. The predicted octanol–water partition coefficient (Wildman–Crippen LogP) is 2.07. The lowest BCUT2D eigenvalue weighted by Gasteiger charge is -2.02. The largest absolute Gasteiger partial charge is 0.762 e. The van der Waals surface area contributed by atoms with Crippen molar-refractivity contribution in [3.63, 3.8) is 0 Å². The Labute approximate surface area is 98.5 Å². The molecule has 0 heterocycles. The van der Waals surface area contributed by atoms with Crippen molar-refractivity contribution >= 4 is 5.87 Å². The molecule has 0 aromatic heterocycles. The lowest BCUT2D eigenvalue weighted by molar-refractivity contribution is 1.42. The van der Waals surface area contributed by atoms with Crippen molar-refractivity contribution in [2.24, 2.45) is 0 Å². The van der Waals surface area contributed by atoms with Crippen LogP contribution in [0.5, 0.6) is 0 Å². The third-order valence-corrected chi connectivity index (χ3v) is 2.00. The lowest BCUT2D eigenvalue weighted by Crippen LogP contribution is -1.90. The summed E-state index contributed by atoms with van der Waals surface area (Å²) >= 11 is 0. The van der Waals surface area contributed by atoms with Crippen LogP contribution >= 0.6 is 0 Å². The van der Waals surface area contributed by atoms with Gasteiger partial charge in [0.25, 0.3) is 0 Å². The molecule has 0 bridgehead atoms. The molecule has 4 heteroatoms. The molecule has 1 aliphatic rings. The second-order valence-corrected chi connectivity index (χ2v) is 2.97. The molecule has 17 heavy (non-hydrogen) atoms. The SMILES string of the molecule is N#CC(=C=[N-])C(C=C(C#N)C#N)=C1C=CC=C1. The highest BCUT2D eigenvalue weighted by molar-refractivity contribution is 5.77. The average molecular weight is 217 g/mol. The maximum Gasteiger partial charge on any atom is 0.130 e. The summed E-state index contributed by atoms with van der Waals surface area (Å²) < 4.78 is 0. The van der Waals surface area contributed by atoms with Crippen molar-refractivity contribution in [3.05, 3.63) is 58.1 Å². The number of hydrogen-bond donors (Lipinski definition) is 0. The van der Waals surface area contributed by atoms with Crippen molar-refractivity contribution in [1.82, 2.24) is 0 Å². The summed E-state index contributed by atoms with van der Waals surface area (Å²) in [6.07, 6.45) is 8.14. The fraction of sp³-hybridized carbons (Fsp3) is 0. The van der Waals surface area contributed by atoms with E-state index in [1.54, 1.807) is 48.4 Å². The molecule has 0 radical (unpaired) electrons. The number of rotatable bonds is 2. The van der Waals surface area contributed by atoms with Gasteiger partial charge in [-0.15, -0.1) is 0 Å². The summed E-state index contributed by atoms with van der Waals surface area (Å²) in [7, 11) is 0. The molecule has 0 aliphatic heterocycles. The van der Waals surface area contributed by atoms with Crippen molar-refractivity contribution in [1.29, 1.82) is 15.8 Å². The van der Waals surface area contributed by atoms with Gasteiger partial charge in [0.2, 0.25) is 0 Å². The number of hydrogen-bond acceptors (Lipinski definition) is 3. The van der Waals surface area contributed by atoms with Gasteiger partial charge in [-0.2, -0.15) is 15.8 Å². The maximum atomic E-state index is 8.83. The molecule has 0 unspecified atom stereocenters. The summed E-state index contributed by atoms with van der Waals surface area (Å²) in [5, 5.41) is 35.0. The molecule has 0 fully saturated rings. The Bertz CT molecular complexity index is 600. The third-order valence-electron chi connectivity index (χ3n) is 2.00. The van der Waals surface area contributed by atoms with Gasteiger partial charge in [-0.1, -0.05) is 24.3 Å². The van der Waals surface area contributed by atoms with Crippen LogP contribution in [0.4, 0.5) is 0 Å². The first kappa shape index (κ1) is 12.0. The molecular formula is C13H5N4-. The van der Waals surface area contributed by atoms with E-state index in [2.05, 4.69) is 0 Å². The van der Waals surface area contributed by atoms with Crippen LogP contribution in [0, 0.1) is 34.0 Å². The van der Waals surface area contributed by atoms with Gasteiger partial charge in [0, 0.05) is 5.57 Å². The first-order valence-electron chi connectivity index (χ1n) is 4.55. The van der Waals surface area contributed by atoms with Crippen LogP contribution in [0.25, 0.3) is 5.41 Å². The molecule has 0 saturated heterocycles. The van der Waals surface area contributed by atoms with Crippen molar-refractivity contribution in [3.8, 4) is 18.2 Å². The summed E-state index contributed by atoms with van der Waals surface area (Å²) in [5.74, 6) is 1.75. The summed E-state index contributed by atoms with van der Waals surface area (Å²) in [4.78, 5) is 0. The first-order valence-corrected chi connectivity index (χ1v) is 4.55. The fourth-order valence-electron chi connectivity index (χ4n) is 1.23. The molecule has 0 aromatic rings. The van der Waals surface area contributed by atoms with Gasteiger partial charge in [-0.3, -0.25) is 0 Å². The van der Waals surface area contributed by atoms with Crippen molar-refractivity contribution in [2.45, 2.75) is 0 Å². The molecule has 1 rings (SSSR count). The van der Waals surface area contributed by atoms with E-state index in [4.69, 9.17) is 21.2 Å². The molecular weight excluding hydrogens is 212 g/mol. The minimum atomic E-state index is -0.149. The Kier molecular flexibility index (Phi) is 4.00. The van der Waals surface area contributed by atoms with Crippen molar-refractivity contribution < 1.29 is 0 Å². The van der Waals surface area contributed by atoms with Gasteiger partial charge in [0.1, 0.15) is 23.8 Å². The van der Waals surface area contributed by atoms with E-state index < -0.39 is 0 Å². The molecule has 0 amide bonds. The van der Waals surface area contributed by atoms with Gasteiger partial charge in [-0.05, 0) is 11.6 Å². The predicted molar refractivity (Wildman–Crippen MR) is 62.1 cm³/mol. The van der Waals surface area contributed by atoms with Gasteiger partial charge in [0.15, 0.2) is 0 Å². The zero-order valence-corrected chi connectivity index (χ0v) is 8.68. The van der Waals surface area contributed by atoms with Gasteiger partial charge in [0.05, 0.1) is 5.57 Å². The molecule has 0 spiro atoms.